The Morgan fingerprint density at radius 1 is 1.00 bits per heavy atom. The molecule has 0 aromatic heterocycles. The van der Waals surface area contributed by atoms with Crippen LogP contribution in [0.25, 0.3) is 0 Å². The van der Waals surface area contributed by atoms with Crippen LogP contribution >= 0.6 is 0 Å². The van der Waals surface area contributed by atoms with Crippen molar-refractivity contribution in [3.05, 3.63) is 64.7 Å². The van der Waals surface area contributed by atoms with Gasteiger partial charge in [0, 0.05) is 5.56 Å². The topological polar surface area (TPSA) is 35.2 Å². The normalized spacial score (nSPS) is 12.3. The minimum atomic E-state index is -0.886. The molecule has 2 aromatic carbocycles. The van der Waals surface area contributed by atoms with Gasteiger partial charge in [0.2, 0.25) is 0 Å². The van der Waals surface area contributed by atoms with E-state index in [0.29, 0.717) is 11.3 Å². The SMILES string of the molecule is COc1ccc(C(N)c2ccc(C)c(F)c2F)cc1. The highest BCUT2D eigenvalue weighted by Crippen LogP contribution is 2.26. The van der Waals surface area contributed by atoms with Gasteiger partial charge < -0.3 is 10.5 Å². The standard InChI is InChI=1S/C15H15F2NO/c1-9-3-8-12(14(17)13(9)16)15(18)10-4-6-11(19-2)7-5-10/h3-8,15H,18H2,1-2H3. The maximum Gasteiger partial charge on any atom is 0.164 e. The van der Waals surface area contributed by atoms with Gasteiger partial charge in [-0.2, -0.15) is 0 Å². The molecule has 0 saturated carbocycles. The molecule has 0 saturated heterocycles. The van der Waals surface area contributed by atoms with Gasteiger partial charge in [-0.3, -0.25) is 0 Å². The zero-order valence-electron chi connectivity index (χ0n) is 10.8. The molecule has 1 atom stereocenters. The molecule has 0 bridgehead atoms. The molecule has 1 unspecified atom stereocenters. The Morgan fingerprint density at radius 3 is 2.21 bits per heavy atom. The number of aryl methyl sites for hydroxylation is 1. The van der Waals surface area contributed by atoms with Crippen molar-refractivity contribution >= 4 is 0 Å². The molecule has 0 radical (unpaired) electrons. The van der Waals surface area contributed by atoms with Crippen molar-refractivity contribution in [2.45, 2.75) is 13.0 Å². The van der Waals surface area contributed by atoms with Crippen LogP contribution in [0, 0.1) is 18.6 Å². The summed E-state index contributed by atoms with van der Waals surface area (Å²) in [5.41, 5.74) is 7.09. The van der Waals surface area contributed by atoms with Crippen LogP contribution in [0.4, 0.5) is 8.78 Å². The van der Waals surface area contributed by atoms with Crippen molar-refractivity contribution in [1.29, 1.82) is 0 Å². The second-order valence-electron chi connectivity index (χ2n) is 4.35. The summed E-state index contributed by atoms with van der Waals surface area (Å²) in [5.74, 6) is -1.05. The Bertz CT molecular complexity index is 581. The molecule has 19 heavy (non-hydrogen) atoms. The van der Waals surface area contributed by atoms with Crippen LogP contribution < -0.4 is 10.5 Å². The van der Waals surface area contributed by atoms with Crippen molar-refractivity contribution in [3.8, 4) is 5.75 Å². The van der Waals surface area contributed by atoms with Crippen molar-refractivity contribution in [2.75, 3.05) is 7.11 Å². The van der Waals surface area contributed by atoms with Gasteiger partial charge in [0.25, 0.3) is 0 Å². The minimum Gasteiger partial charge on any atom is -0.497 e. The highest BCUT2D eigenvalue weighted by atomic mass is 19.2. The molecule has 2 rings (SSSR count). The third-order valence-electron chi connectivity index (χ3n) is 3.12. The second kappa shape index (κ2) is 5.36. The Morgan fingerprint density at radius 2 is 1.63 bits per heavy atom. The van der Waals surface area contributed by atoms with Crippen LogP contribution in [0.3, 0.4) is 0 Å². The number of hydrogen-bond donors (Lipinski definition) is 1. The molecule has 0 aliphatic rings. The average molecular weight is 263 g/mol. The van der Waals surface area contributed by atoms with Gasteiger partial charge in [0.05, 0.1) is 13.2 Å². The predicted octanol–water partition coefficient (Wildman–Crippen LogP) is 3.33. The number of ether oxygens (including phenoxy) is 1. The maximum absolute atomic E-state index is 13.9. The number of benzene rings is 2. The van der Waals surface area contributed by atoms with Crippen molar-refractivity contribution in [1.82, 2.24) is 0 Å². The molecule has 0 aliphatic heterocycles. The van der Waals surface area contributed by atoms with E-state index in [9.17, 15) is 8.78 Å². The summed E-state index contributed by atoms with van der Waals surface area (Å²) in [7, 11) is 1.56. The first-order chi connectivity index (χ1) is 9.04. The molecule has 0 fully saturated rings. The molecule has 2 N–H and O–H groups in total. The zero-order chi connectivity index (χ0) is 14.0. The summed E-state index contributed by atoms with van der Waals surface area (Å²) >= 11 is 0. The van der Waals surface area contributed by atoms with E-state index in [1.807, 2.05) is 0 Å². The first-order valence-electron chi connectivity index (χ1n) is 5.88. The van der Waals surface area contributed by atoms with Crippen LogP contribution in [-0.4, -0.2) is 7.11 Å². The molecule has 4 heteroatoms. The van der Waals surface area contributed by atoms with Crippen LogP contribution in [0.15, 0.2) is 36.4 Å². The third-order valence-corrected chi connectivity index (χ3v) is 3.12. The fraction of sp³-hybridized carbons (Fsp3) is 0.200. The Balaban J connectivity index is 2.38. The van der Waals surface area contributed by atoms with Gasteiger partial charge in [-0.05, 0) is 30.2 Å². The zero-order valence-corrected chi connectivity index (χ0v) is 10.8. The van der Waals surface area contributed by atoms with E-state index in [1.54, 1.807) is 31.4 Å². The largest absolute Gasteiger partial charge is 0.497 e. The van der Waals surface area contributed by atoms with Crippen LogP contribution in [-0.2, 0) is 0 Å². The third kappa shape index (κ3) is 2.58. The summed E-state index contributed by atoms with van der Waals surface area (Å²) in [5, 5.41) is 0. The van der Waals surface area contributed by atoms with Gasteiger partial charge in [0.1, 0.15) is 5.75 Å². The first-order valence-corrected chi connectivity index (χ1v) is 5.88. The van der Waals surface area contributed by atoms with E-state index in [1.165, 1.54) is 19.1 Å². The summed E-state index contributed by atoms with van der Waals surface area (Å²) in [6.45, 7) is 1.51. The second-order valence-corrected chi connectivity index (χ2v) is 4.35. The van der Waals surface area contributed by atoms with E-state index < -0.39 is 17.7 Å². The van der Waals surface area contributed by atoms with Gasteiger partial charge >= 0.3 is 0 Å². The minimum absolute atomic E-state index is 0.147. The Hall–Kier alpha value is -1.94. The maximum atomic E-state index is 13.9. The smallest absolute Gasteiger partial charge is 0.164 e. The number of nitrogens with two attached hydrogens (primary N) is 1. The van der Waals surface area contributed by atoms with Gasteiger partial charge in [-0.1, -0.05) is 24.3 Å². The summed E-state index contributed by atoms with van der Waals surface area (Å²) in [6.07, 6.45) is 0. The molecule has 0 spiro atoms. The van der Waals surface area contributed by atoms with Crippen LogP contribution in [0.5, 0.6) is 5.75 Å². The quantitative estimate of drug-likeness (QED) is 0.921. The van der Waals surface area contributed by atoms with E-state index in [4.69, 9.17) is 10.5 Å². The highest BCUT2D eigenvalue weighted by molar-refractivity contribution is 5.37. The highest BCUT2D eigenvalue weighted by Gasteiger charge is 2.17. The van der Waals surface area contributed by atoms with E-state index in [2.05, 4.69) is 0 Å². The van der Waals surface area contributed by atoms with Gasteiger partial charge in [0.15, 0.2) is 11.6 Å². The van der Waals surface area contributed by atoms with Crippen molar-refractivity contribution in [3.63, 3.8) is 0 Å². The fourth-order valence-electron chi connectivity index (χ4n) is 1.89. The molecule has 0 aliphatic carbocycles. The molecule has 0 heterocycles. The van der Waals surface area contributed by atoms with Crippen molar-refractivity contribution in [2.24, 2.45) is 5.73 Å². The van der Waals surface area contributed by atoms with Gasteiger partial charge in [-0.25, -0.2) is 8.78 Å². The molecular formula is C15H15F2NO. The lowest BCUT2D eigenvalue weighted by atomic mass is 9.98. The van der Waals surface area contributed by atoms with Crippen LogP contribution in [0.2, 0.25) is 0 Å². The predicted molar refractivity (Wildman–Crippen MR) is 70.1 cm³/mol. The monoisotopic (exact) mass is 263 g/mol. The van der Waals surface area contributed by atoms with E-state index >= 15 is 0 Å². The lowest BCUT2D eigenvalue weighted by Crippen LogP contribution is -2.14. The molecule has 2 nitrogen and oxygen atoms in total. The number of hydrogen-bond acceptors (Lipinski definition) is 2. The molecule has 100 valence electrons. The first kappa shape index (κ1) is 13.5. The Labute approximate surface area is 110 Å². The summed E-state index contributed by atoms with van der Waals surface area (Å²) in [6, 6.07) is 9.28. The number of methoxy groups -OCH3 is 1. The lowest BCUT2D eigenvalue weighted by Gasteiger charge is -2.15. The Kier molecular flexibility index (Phi) is 3.81. The molecule has 0 amide bonds. The lowest BCUT2D eigenvalue weighted by molar-refractivity contribution is 0.414. The number of rotatable bonds is 3. The van der Waals surface area contributed by atoms with Crippen molar-refractivity contribution < 1.29 is 13.5 Å². The van der Waals surface area contributed by atoms with Gasteiger partial charge in [-0.15, -0.1) is 0 Å². The van der Waals surface area contributed by atoms with Crippen LogP contribution in [0.1, 0.15) is 22.7 Å². The average Bonchev–Trinajstić information content (AvgIpc) is 2.44. The number of halogens is 2. The summed E-state index contributed by atoms with van der Waals surface area (Å²) < 4.78 is 32.4. The van der Waals surface area contributed by atoms with E-state index in [-0.39, 0.29) is 11.1 Å². The van der Waals surface area contributed by atoms with E-state index in [0.717, 1.165) is 0 Å². The fourth-order valence-corrected chi connectivity index (χ4v) is 1.89. The molecule has 2 aromatic rings. The molecular weight excluding hydrogens is 248 g/mol. The summed E-state index contributed by atoms with van der Waals surface area (Å²) in [4.78, 5) is 0.